The molecule has 7 nitrogen and oxygen atoms in total. The van der Waals surface area contributed by atoms with Gasteiger partial charge in [-0.05, 0) is 19.9 Å². The van der Waals surface area contributed by atoms with Crippen molar-refractivity contribution >= 4 is 17.4 Å². The summed E-state index contributed by atoms with van der Waals surface area (Å²) in [5, 5.41) is 13.7. The third kappa shape index (κ3) is 2.89. The Morgan fingerprint density at radius 2 is 2.18 bits per heavy atom. The maximum absolute atomic E-state index is 9.01. The molecule has 0 spiro atoms. The smallest absolute Gasteiger partial charge is 0.254 e. The van der Waals surface area contributed by atoms with Gasteiger partial charge in [0.15, 0.2) is 6.10 Å². The molecule has 0 aromatic carbocycles. The first-order valence-electron chi connectivity index (χ1n) is 6.91. The largest absolute Gasteiger partial charge is 0.360 e. The van der Waals surface area contributed by atoms with Crippen LogP contribution < -0.4 is 4.90 Å². The normalized spacial score (nSPS) is 18.3. The molecule has 1 saturated heterocycles. The number of nitrogens with zero attached hydrogens (tertiary/aromatic N) is 6. The molecular formula is C14H15ClN6O. The van der Waals surface area contributed by atoms with Crippen LogP contribution in [0.15, 0.2) is 12.1 Å². The molecule has 0 bridgehead atoms. The fourth-order valence-electron chi connectivity index (χ4n) is 2.42. The van der Waals surface area contributed by atoms with E-state index in [1.165, 1.54) is 0 Å². The van der Waals surface area contributed by atoms with Gasteiger partial charge in [0.1, 0.15) is 11.0 Å². The topological polar surface area (TPSA) is 79.9 Å². The molecule has 0 saturated carbocycles. The number of hydrogen-bond donors (Lipinski definition) is 0. The summed E-state index contributed by atoms with van der Waals surface area (Å²) in [5.74, 6) is 1.10. The number of anilines is 1. The van der Waals surface area contributed by atoms with E-state index in [1.807, 2.05) is 24.8 Å². The fraction of sp³-hybridized carbons (Fsp3) is 0.429. The molecule has 2 aromatic heterocycles. The van der Waals surface area contributed by atoms with Crippen LogP contribution in [0.1, 0.15) is 11.4 Å². The summed E-state index contributed by atoms with van der Waals surface area (Å²) in [4.78, 5) is 10.8. The minimum atomic E-state index is -0.459. The van der Waals surface area contributed by atoms with Crippen LogP contribution in [0, 0.1) is 25.2 Å². The van der Waals surface area contributed by atoms with E-state index >= 15 is 0 Å². The molecule has 3 rings (SSSR count). The van der Waals surface area contributed by atoms with Crippen LogP contribution in [-0.4, -0.2) is 45.5 Å². The van der Waals surface area contributed by atoms with E-state index in [9.17, 15) is 0 Å². The first-order chi connectivity index (χ1) is 10.6. The van der Waals surface area contributed by atoms with Crippen LogP contribution in [-0.2, 0) is 4.74 Å². The molecule has 0 amide bonds. The maximum atomic E-state index is 9.01. The summed E-state index contributed by atoms with van der Waals surface area (Å²) in [7, 11) is 0. The van der Waals surface area contributed by atoms with Gasteiger partial charge in [-0.2, -0.15) is 20.3 Å². The first kappa shape index (κ1) is 14.8. The molecule has 0 radical (unpaired) electrons. The zero-order valence-electron chi connectivity index (χ0n) is 12.3. The van der Waals surface area contributed by atoms with Crippen molar-refractivity contribution in [1.29, 1.82) is 5.26 Å². The minimum Gasteiger partial charge on any atom is -0.360 e. The number of rotatable bonds is 2. The lowest BCUT2D eigenvalue weighted by atomic mass is 10.3. The quantitative estimate of drug-likeness (QED) is 0.783. The van der Waals surface area contributed by atoms with Crippen molar-refractivity contribution in [2.24, 2.45) is 0 Å². The molecule has 114 valence electrons. The van der Waals surface area contributed by atoms with Crippen LogP contribution in [0.4, 0.5) is 5.82 Å². The highest BCUT2D eigenvalue weighted by atomic mass is 35.5. The number of aryl methyl sites for hydroxylation is 2. The van der Waals surface area contributed by atoms with E-state index in [1.54, 1.807) is 10.7 Å². The summed E-state index contributed by atoms with van der Waals surface area (Å²) >= 11 is 6.13. The Labute approximate surface area is 133 Å². The Morgan fingerprint density at radius 3 is 2.86 bits per heavy atom. The highest BCUT2D eigenvalue weighted by molar-refractivity contribution is 6.29. The molecule has 0 N–H and O–H groups in total. The van der Waals surface area contributed by atoms with Gasteiger partial charge in [0, 0.05) is 18.3 Å². The summed E-state index contributed by atoms with van der Waals surface area (Å²) < 4.78 is 7.01. The van der Waals surface area contributed by atoms with Crippen LogP contribution in [0.5, 0.6) is 0 Å². The van der Waals surface area contributed by atoms with Gasteiger partial charge in [-0.25, -0.2) is 4.68 Å². The lowest BCUT2D eigenvalue weighted by molar-refractivity contribution is 0.0761. The lowest BCUT2D eigenvalue weighted by Crippen LogP contribution is -2.42. The van der Waals surface area contributed by atoms with Crippen molar-refractivity contribution in [3.05, 3.63) is 28.7 Å². The Bertz CT molecular complexity index is 737. The van der Waals surface area contributed by atoms with Crippen LogP contribution in [0.2, 0.25) is 5.15 Å². The monoisotopic (exact) mass is 318 g/mol. The molecular weight excluding hydrogens is 304 g/mol. The van der Waals surface area contributed by atoms with Crippen LogP contribution >= 0.6 is 11.6 Å². The van der Waals surface area contributed by atoms with Crippen LogP contribution in [0.25, 0.3) is 5.95 Å². The van der Waals surface area contributed by atoms with E-state index in [4.69, 9.17) is 21.6 Å². The van der Waals surface area contributed by atoms with Gasteiger partial charge in [0.2, 0.25) is 0 Å². The second-order valence-electron chi connectivity index (χ2n) is 5.12. The van der Waals surface area contributed by atoms with Gasteiger partial charge >= 0.3 is 0 Å². The van der Waals surface area contributed by atoms with Crippen molar-refractivity contribution < 1.29 is 4.74 Å². The van der Waals surface area contributed by atoms with E-state index in [2.05, 4.69) is 21.1 Å². The Kier molecular flexibility index (Phi) is 3.96. The van der Waals surface area contributed by atoms with Gasteiger partial charge in [0.25, 0.3) is 5.95 Å². The van der Waals surface area contributed by atoms with Gasteiger partial charge in [-0.1, -0.05) is 11.6 Å². The summed E-state index contributed by atoms with van der Waals surface area (Å²) in [5.41, 5.74) is 1.82. The highest BCUT2D eigenvalue weighted by Gasteiger charge is 2.22. The van der Waals surface area contributed by atoms with E-state index < -0.39 is 6.10 Å². The Hall–Kier alpha value is -2.17. The highest BCUT2D eigenvalue weighted by Crippen LogP contribution is 2.21. The molecule has 3 heterocycles. The predicted molar refractivity (Wildman–Crippen MR) is 81.2 cm³/mol. The molecule has 1 atom stereocenters. The van der Waals surface area contributed by atoms with Crippen molar-refractivity contribution in [1.82, 2.24) is 19.7 Å². The predicted octanol–water partition coefficient (Wildman–Crippen LogP) is 1.66. The summed E-state index contributed by atoms with van der Waals surface area (Å²) in [6.07, 6.45) is -0.459. The average Bonchev–Trinajstić information content (AvgIpc) is 2.85. The van der Waals surface area contributed by atoms with Gasteiger partial charge in [-0.15, -0.1) is 0 Å². The molecule has 1 aliphatic rings. The summed E-state index contributed by atoms with van der Waals surface area (Å²) in [6.45, 7) is 5.44. The van der Waals surface area contributed by atoms with Crippen molar-refractivity contribution in [2.75, 3.05) is 24.6 Å². The molecule has 1 fully saturated rings. The van der Waals surface area contributed by atoms with Crippen LogP contribution in [0.3, 0.4) is 0 Å². The lowest BCUT2D eigenvalue weighted by Gasteiger charge is -2.30. The molecule has 1 unspecified atom stereocenters. The van der Waals surface area contributed by atoms with E-state index in [0.29, 0.717) is 36.6 Å². The SMILES string of the molecule is Cc1cc(C)n(-c2nc(Cl)cc(N3CCOC(C#N)C3)n2)n1. The fourth-order valence-corrected chi connectivity index (χ4v) is 2.59. The van der Waals surface area contributed by atoms with Gasteiger partial charge in [0.05, 0.1) is 24.9 Å². The molecule has 1 aliphatic heterocycles. The second kappa shape index (κ2) is 5.91. The summed E-state index contributed by atoms with van der Waals surface area (Å²) in [6, 6.07) is 5.76. The maximum Gasteiger partial charge on any atom is 0.254 e. The zero-order chi connectivity index (χ0) is 15.7. The van der Waals surface area contributed by atoms with Crippen molar-refractivity contribution in [3.8, 4) is 12.0 Å². The van der Waals surface area contributed by atoms with Gasteiger partial charge < -0.3 is 9.64 Å². The third-order valence-electron chi connectivity index (χ3n) is 3.40. The van der Waals surface area contributed by atoms with E-state index in [-0.39, 0.29) is 0 Å². The van der Waals surface area contributed by atoms with Crippen molar-refractivity contribution in [3.63, 3.8) is 0 Å². The Morgan fingerprint density at radius 1 is 1.36 bits per heavy atom. The molecule has 0 aliphatic carbocycles. The average molecular weight is 319 g/mol. The zero-order valence-corrected chi connectivity index (χ0v) is 13.1. The van der Waals surface area contributed by atoms with Crippen molar-refractivity contribution in [2.45, 2.75) is 20.0 Å². The third-order valence-corrected chi connectivity index (χ3v) is 3.60. The molecule has 2 aromatic rings. The number of hydrogen-bond acceptors (Lipinski definition) is 6. The minimum absolute atomic E-state index is 0.340. The molecule has 8 heteroatoms. The Balaban J connectivity index is 1.97. The number of morpholine rings is 1. The first-order valence-corrected chi connectivity index (χ1v) is 7.29. The number of ether oxygens (including phenoxy) is 1. The number of aromatic nitrogens is 4. The van der Waals surface area contributed by atoms with E-state index in [0.717, 1.165) is 11.4 Å². The number of nitriles is 1. The standard InChI is InChI=1S/C14H15ClN6O/c1-9-5-10(2)21(19-9)14-17-12(15)6-13(18-14)20-3-4-22-11(7-16)8-20/h5-6,11H,3-4,8H2,1-2H3. The second-order valence-corrected chi connectivity index (χ2v) is 5.51. The molecule has 22 heavy (non-hydrogen) atoms. The number of halogens is 1. The van der Waals surface area contributed by atoms with Gasteiger partial charge in [-0.3, -0.25) is 0 Å².